The van der Waals surface area contributed by atoms with Gasteiger partial charge in [-0.15, -0.1) is 0 Å². The van der Waals surface area contributed by atoms with Crippen molar-refractivity contribution in [3.63, 3.8) is 0 Å². The molecule has 3 saturated carbocycles. The predicted octanol–water partition coefficient (Wildman–Crippen LogP) is 3.85. The lowest BCUT2D eigenvalue weighted by atomic mass is 9.41. The van der Waals surface area contributed by atoms with Crippen molar-refractivity contribution in [2.75, 3.05) is 37.6 Å². The van der Waals surface area contributed by atoms with Crippen molar-refractivity contribution in [2.24, 2.45) is 28.6 Å². The number of Topliss-reactive ketones (excluding diaryl/α,β-unsaturated/α-hetero) is 2. The fraction of sp³-hybridized carbons (Fsp3) is 0.600. The number of carbonyl (C=O) groups excluding carboxylic acids is 3. The molecule has 9 heteroatoms. The summed E-state index contributed by atoms with van der Waals surface area (Å²) in [6.07, 6.45) is 8.27. The third kappa shape index (κ3) is 4.30. The monoisotopic (exact) mass is 601 g/mol. The molecule has 9 nitrogen and oxygen atoms in total. The van der Waals surface area contributed by atoms with Crippen LogP contribution in [0.1, 0.15) is 69.3 Å². The SMILES string of the molecule is C[C@]12CCC(=O)C=C1CC[C@@H]1[C@@H]2C(O)(C(=O)c2ccco2)C[C@@]2(C)[C@H]1CC[C@]2(O)C(=O)CN1CCN(c2ccccn2)CC1. The molecule has 234 valence electrons. The molecule has 5 aliphatic rings. The lowest BCUT2D eigenvalue weighted by molar-refractivity contribution is -0.200. The van der Waals surface area contributed by atoms with Gasteiger partial charge in [0.1, 0.15) is 17.0 Å². The Morgan fingerprint density at radius 2 is 1.82 bits per heavy atom. The smallest absolute Gasteiger partial charge is 0.229 e. The van der Waals surface area contributed by atoms with Gasteiger partial charge in [-0.05, 0) is 86.1 Å². The molecule has 0 radical (unpaired) electrons. The molecule has 0 amide bonds. The van der Waals surface area contributed by atoms with Gasteiger partial charge in [-0.25, -0.2) is 4.98 Å². The van der Waals surface area contributed by atoms with E-state index in [4.69, 9.17) is 4.42 Å². The number of nitrogens with zero attached hydrogens (tertiary/aromatic N) is 3. The summed E-state index contributed by atoms with van der Waals surface area (Å²) in [7, 11) is 0. The van der Waals surface area contributed by atoms with Gasteiger partial charge >= 0.3 is 0 Å². The van der Waals surface area contributed by atoms with Gasteiger partial charge in [0.15, 0.2) is 17.3 Å². The number of furan rings is 1. The number of ketones is 3. The van der Waals surface area contributed by atoms with Crippen molar-refractivity contribution in [1.82, 2.24) is 9.88 Å². The zero-order valence-corrected chi connectivity index (χ0v) is 25.7. The highest BCUT2D eigenvalue weighted by atomic mass is 16.3. The Balaban J connectivity index is 1.19. The molecule has 2 aromatic heterocycles. The van der Waals surface area contributed by atoms with Crippen molar-refractivity contribution in [3.05, 3.63) is 60.2 Å². The highest BCUT2D eigenvalue weighted by Crippen LogP contribution is 2.70. The Kier molecular flexibility index (Phi) is 7.03. The minimum absolute atomic E-state index is 0.0299. The van der Waals surface area contributed by atoms with Crippen molar-refractivity contribution < 1.29 is 29.0 Å². The van der Waals surface area contributed by atoms with E-state index in [-0.39, 0.29) is 42.1 Å². The summed E-state index contributed by atoms with van der Waals surface area (Å²) in [5.41, 5.74) is -4.06. The third-order valence-corrected chi connectivity index (χ3v) is 12.4. The topological polar surface area (TPSA) is 124 Å². The number of pyridine rings is 1. The van der Waals surface area contributed by atoms with E-state index in [9.17, 15) is 24.6 Å². The number of hydrogen-bond acceptors (Lipinski definition) is 9. The Hall–Kier alpha value is -3.14. The van der Waals surface area contributed by atoms with Crippen LogP contribution in [0.2, 0.25) is 0 Å². The number of rotatable bonds is 6. The Morgan fingerprint density at radius 1 is 1.02 bits per heavy atom. The lowest BCUT2D eigenvalue weighted by Gasteiger charge is -2.63. The van der Waals surface area contributed by atoms with E-state index in [1.165, 1.54) is 6.26 Å². The quantitative estimate of drug-likeness (QED) is 0.475. The molecule has 2 aromatic rings. The molecule has 44 heavy (non-hydrogen) atoms. The van der Waals surface area contributed by atoms with Crippen LogP contribution in [0.3, 0.4) is 0 Å². The van der Waals surface area contributed by atoms with Gasteiger partial charge in [-0.3, -0.25) is 19.3 Å². The molecule has 3 heterocycles. The van der Waals surface area contributed by atoms with E-state index in [0.29, 0.717) is 51.6 Å². The molecule has 7 rings (SSSR count). The standard InChI is InChI=1S/C35H43N3O6/c1-32-12-10-24(39)20-23(32)8-9-25-26-11-13-35(43,28(40)21-37-15-17-38(18-16-37)29-7-3-4-14-36-29)33(26,2)22-34(42,30(25)32)31(41)27-6-5-19-44-27/h3-7,14,19-20,25-26,30,42-43H,8-13,15-18,21-22H2,1-2H3/t25-,26-,30-,32-,33-,34?,35-/m0/s1. The average molecular weight is 602 g/mol. The highest BCUT2D eigenvalue weighted by Gasteiger charge is 2.73. The van der Waals surface area contributed by atoms with Crippen molar-refractivity contribution in [1.29, 1.82) is 0 Å². The first-order valence-electron chi connectivity index (χ1n) is 16.2. The van der Waals surface area contributed by atoms with Crippen LogP contribution in [0.4, 0.5) is 5.82 Å². The summed E-state index contributed by atoms with van der Waals surface area (Å²) < 4.78 is 5.54. The van der Waals surface area contributed by atoms with E-state index in [1.807, 2.05) is 25.1 Å². The molecular formula is C35H43N3O6. The zero-order chi connectivity index (χ0) is 30.9. The number of aromatic nitrogens is 1. The van der Waals surface area contributed by atoms with Crippen molar-refractivity contribution >= 4 is 23.2 Å². The van der Waals surface area contributed by atoms with E-state index in [1.54, 1.807) is 24.4 Å². The number of carbonyl (C=O) groups is 3. The second-order valence-corrected chi connectivity index (χ2v) is 14.4. The molecule has 7 atom stereocenters. The minimum atomic E-state index is -1.87. The molecule has 1 aliphatic heterocycles. The zero-order valence-electron chi connectivity index (χ0n) is 25.7. The van der Waals surface area contributed by atoms with Gasteiger partial charge in [-0.1, -0.05) is 25.5 Å². The van der Waals surface area contributed by atoms with Gasteiger partial charge in [0.05, 0.1) is 12.8 Å². The fourth-order valence-electron chi connectivity index (χ4n) is 10.2. The number of anilines is 1. The maximum absolute atomic E-state index is 14.3. The molecule has 0 bridgehead atoms. The Bertz CT molecular complexity index is 1480. The molecule has 2 N–H and O–H groups in total. The molecular weight excluding hydrogens is 558 g/mol. The van der Waals surface area contributed by atoms with Crippen LogP contribution in [-0.2, 0) is 9.59 Å². The van der Waals surface area contributed by atoms with E-state index < -0.39 is 33.7 Å². The predicted molar refractivity (Wildman–Crippen MR) is 163 cm³/mol. The molecule has 4 aliphatic carbocycles. The van der Waals surface area contributed by atoms with Gasteiger partial charge in [-0.2, -0.15) is 0 Å². The summed E-state index contributed by atoms with van der Waals surface area (Å²) >= 11 is 0. The number of hydrogen-bond donors (Lipinski definition) is 2. The van der Waals surface area contributed by atoms with Crippen LogP contribution in [0.15, 0.2) is 58.9 Å². The van der Waals surface area contributed by atoms with Crippen LogP contribution in [0, 0.1) is 28.6 Å². The number of allylic oxidation sites excluding steroid dienone is 1. The minimum Gasteiger partial charge on any atom is -0.461 e. The second-order valence-electron chi connectivity index (χ2n) is 14.4. The molecule has 0 aromatic carbocycles. The lowest BCUT2D eigenvalue weighted by Crippen LogP contribution is -2.69. The first-order valence-corrected chi connectivity index (χ1v) is 16.2. The Morgan fingerprint density at radius 3 is 2.52 bits per heavy atom. The van der Waals surface area contributed by atoms with Gasteiger partial charge in [0, 0.05) is 50.1 Å². The van der Waals surface area contributed by atoms with Crippen molar-refractivity contribution in [2.45, 2.75) is 70.0 Å². The number of piperazine rings is 1. The maximum Gasteiger partial charge on any atom is 0.229 e. The summed E-state index contributed by atoms with van der Waals surface area (Å²) in [6.45, 7) is 6.98. The number of fused-ring (bicyclic) bond motifs is 5. The summed E-state index contributed by atoms with van der Waals surface area (Å²) in [5, 5.41) is 25.2. The van der Waals surface area contributed by atoms with Crippen LogP contribution < -0.4 is 4.90 Å². The number of aliphatic hydroxyl groups is 2. The van der Waals surface area contributed by atoms with Gasteiger partial charge in [0.25, 0.3) is 0 Å². The fourth-order valence-corrected chi connectivity index (χ4v) is 10.2. The van der Waals surface area contributed by atoms with Crippen LogP contribution in [0.25, 0.3) is 0 Å². The van der Waals surface area contributed by atoms with Crippen LogP contribution in [0.5, 0.6) is 0 Å². The van der Waals surface area contributed by atoms with Crippen LogP contribution in [-0.4, -0.2) is 81.4 Å². The normalized spacial score (nSPS) is 38.8. The van der Waals surface area contributed by atoms with E-state index in [2.05, 4.69) is 21.7 Å². The van der Waals surface area contributed by atoms with E-state index in [0.717, 1.165) is 24.5 Å². The first kappa shape index (κ1) is 29.6. The summed E-state index contributed by atoms with van der Waals surface area (Å²) in [6, 6.07) is 9.06. The Labute approximate surface area is 258 Å². The van der Waals surface area contributed by atoms with Crippen LogP contribution >= 0.6 is 0 Å². The van der Waals surface area contributed by atoms with E-state index >= 15 is 0 Å². The van der Waals surface area contributed by atoms with Gasteiger partial charge < -0.3 is 19.5 Å². The summed E-state index contributed by atoms with van der Waals surface area (Å²) in [5.74, 6) is -0.203. The largest absolute Gasteiger partial charge is 0.461 e. The summed E-state index contributed by atoms with van der Waals surface area (Å²) in [4.78, 5) is 49.7. The highest BCUT2D eigenvalue weighted by molar-refractivity contribution is 6.01. The second kappa shape index (κ2) is 10.5. The molecule has 4 fully saturated rings. The average Bonchev–Trinajstić information content (AvgIpc) is 3.65. The third-order valence-electron chi connectivity index (χ3n) is 12.4. The molecule has 1 saturated heterocycles. The first-order chi connectivity index (χ1) is 21.0. The molecule has 0 spiro atoms. The van der Waals surface area contributed by atoms with Crippen molar-refractivity contribution in [3.8, 4) is 0 Å². The maximum atomic E-state index is 14.3. The van der Waals surface area contributed by atoms with Gasteiger partial charge in [0.2, 0.25) is 5.78 Å². The molecule has 1 unspecified atom stereocenters.